The molecule has 0 radical (unpaired) electrons. The summed E-state index contributed by atoms with van der Waals surface area (Å²) >= 11 is 0. The average molecular weight is 319 g/mol. The molecule has 1 saturated heterocycles. The van der Waals surface area contributed by atoms with Crippen molar-refractivity contribution in [1.29, 1.82) is 0 Å². The first kappa shape index (κ1) is 18.4. The maximum atomic E-state index is 10.3. The maximum absolute atomic E-state index is 10.3. The van der Waals surface area contributed by atoms with E-state index in [1.54, 1.807) is 0 Å². The summed E-state index contributed by atoms with van der Waals surface area (Å²) in [6.07, 6.45) is 2.13. The smallest absolute Gasteiger partial charge is 0.0626 e. The zero-order valence-electron chi connectivity index (χ0n) is 15.3. The molecule has 0 saturated carbocycles. The highest BCUT2D eigenvalue weighted by molar-refractivity contribution is 5.14. The first-order valence-corrected chi connectivity index (χ1v) is 9.06. The molecule has 1 unspecified atom stereocenters. The zero-order valence-corrected chi connectivity index (χ0v) is 15.3. The Kier molecular flexibility index (Phi) is 6.63. The second kappa shape index (κ2) is 8.27. The molecule has 1 heterocycles. The third kappa shape index (κ3) is 5.59. The predicted octanol–water partition coefficient (Wildman–Crippen LogP) is 3.28. The highest BCUT2D eigenvalue weighted by Gasteiger charge is 2.31. The predicted molar refractivity (Wildman–Crippen MR) is 97.4 cm³/mol. The fourth-order valence-corrected chi connectivity index (χ4v) is 3.55. The van der Waals surface area contributed by atoms with Crippen LogP contribution < -0.4 is 5.32 Å². The van der Waals surface area contributed by atoms with Gasteiger partial charge in [-0.3, -0.25) is 4.90 Å². The fourth-order valence-electron chi connectivity index (χ4n) is 3.55. The van der Waals surface area contributed by atoms with Gasteiger partial charge in [-0.05, 0) is 37.4 Å². The van der Waals surface area contributed by atoms with Crippen LogP contribution in [0.25, 0.3) is 0 Å². The van der Waals surface area contributed by atoms with Crippen molar-refractivity contribution in [2.75, 3.05) is 19.6 Å². The van der Waals surface area contributed by atoms with Crippen molar-refractivity contribution in [1.82, 2.24) is 10.2 Å². The van der Waals surface area contributed by atoms with E-state index in [0.29, 0.717) is 12.0 Å². The van der Waals surface area contributed by atoms with Gasteiger partial charge in [0.25, 0.3) is 0 Å². The van der Waals surface area contributed by atoms with Gasteiger partial charge in [-0.15, -0.1) is 0 Å². The van der Waals surface area contributed by atoms with E-state index in [-0.39, 0.29) is 11.5 Å². The van der Waals surface area contributed by atoms with Crippen molar-refractivity contribution in [3.05, 3.63) is 35.9 Å². The molecule has 2 N–H and O–H groups in total. The molecule has 1 aliphatic heterocycles. The minimum Gasteiger partial charge on any atom is -0.392 e. The first-order chi connectivity index (χ1) is 10.9. The molecule has 1 aromatic carbocycles. The van der Waals surface area contributed by atoms with E-state index in [0.717, 1.165) is 26.2 Å². The number of rotatable bonds is 7. The Hall–Kier alpha value is -0.900. The van der Waals surface area contributed by atoms with Gasteiger partial charge in [0, 0.05) is 24.5 Å². The van der Waals surface area contributed by atoms with Crippen molar-refractivity contribution >= 4 is 0 Å². The summed E-state index contributed by atoms with van der Waals surface area (Å²) in [7, 11) is 0. The SMILES string of the molecule is CC(C)C(O)C(C)(C)CNC1CCN(Cc2ccccc2)CC1. The molecular weight excluding hydrogens is 284 g/mol. The number of benzene rings is 1. The Bertz CT molecular complexity index is 450. The van der Waals surface area contributed by atoms with E-state index in [4.69, 9.17) is 0 Å². The summed E-state index contributed by atoms with van der Waals surface area (Å²) in [6, 6.07) is 11.3. The normalized spacial score (nSPS) is 19.2. The molecule has 1 fully saturated rings. The van der Waals surface area contributed by atoms with Crippen LogP contribution in [-0.4, -0.2) is 41.8 Å². The highest BCUT2D eigenvalue weighted by Crippen LogP contribution is 2.26. The number of aliphatic hydroxyl groups excluding tert-OH is 1. The zero-order chi connectivity index (χ0) is 16.9. The maximum Gasteiger partial charge on any atom is 0.0626 e. The Morgan fingerprint density at radius 2 is 1.78 bits per heavy atom. The minimum absolute atomic E-state index is 0.0741. The topological polar surface area (TPSA) is 35.5 Å². The van der Waals surface area contributed by atoms with E-state index in [2.05, 4.69) is 68.2 Å². The van der Waals surface area contributed by atoms with E-state index >= 15 is 0 Å². The van der Waals surface area contributed by atoms with E-state index in [1.807, 2.05) is 0 Å². The number of nitrogens with one attached hydrogen (secondary N) is 1. The summed E-state index contributed by atoms with van der Waals surface area (Å²) in [5, 5.41) is 14.0. The van der Waals surface area contributed by atoms with Crippen molar-refractivity contribution < 1.29 is 5.11 Å². The summed E-state index contributed by atoms with van der Waals surface area (Å²) in [5.74, 6) is 0.305. The molecule has 2 rings (SSSR count). The molecule has 3 nitrogen and oxygen atoms in total. The van der Waals surface area contributed by atoms with Gasteiger partial charge in [0.1, 0.15) is 0 Å². The molecule has 23 heavy (non-hydrogen) atoms. The number of hydrogen-bond acceptors (Lipinski definition) is 3. The van der Waals surface area contributed by atoms with Gasteiger partial charge in [-0.1, -0.05) is 58.0 Å². The molecule has 0 amide bonds. The highest BCUT2D eigenvalue weighted by atomic mass is 16.3. The quantitative estimate of drug-likeness (QED) is 0.810. The number of aliphatic hydroxyl groups is 1. The van der Waals surface area contributed by atoms with Crippen LogP contribution in [0.5, 0.6) is 0 Å². The molecule has 0 aromatic heterocycles. The average Bonchev–Trinajstić information content (AvgIpc) is 2.54. The number of nitrogens with zero attached hydrogens (tertiary/aromatic N) is 1. The van der Waals surface area contributed by atoms with Crippen LogP contribution in [0.2, 0.25) is 0 Å². The van der Waals surface area contributed by atoms with Gasteiger partial charge < -0.3 is 10.4 Å². The summed E-state index contributed by atoms with van der Waals surface area (Å²) < 4.78 is 0. The molecule has 1 aromatic rings. The summed E-state index contributed by atoms with van der Waals surface area (Å²) in [5.41, 5.74) is 1.33. The van der Waals surface area contributed by atoms with Gasteiger partial charge in [-0.25, -0.2) is 0 Å². The van der Waals surface area contributed by atoms with Crippen LogP contribution in [0.15, 0.2) is 30.3 Å². The Morgan fingerprint density at radius 1 is 1.17 bits per heavy atom. The lowest BCUT2D eigenvalue weighted by Gasteiger charge is -2.37. The number of likely N-dealkylation sites (tertiary alicyclic amines) is 1. The Balaban J connectivity index is 1.72. The van der Waals surface area contributed by atoms with Crippen LogP contribution in [0.1, 0.15) is 46.1 Å². The second-order valence-corrected chi connectivity index (χ2v) is 8.09. The van der Waals surface area contributed by atoms with Crippen molar-refractivity contribution in [2.45, 2.75) is 59.2 Å². The van der Waals surface area contributed by atoms with Gasteiger partial charge in [0.2, 0.25) is 0 Å². The fraction of sp³-hybridized carbons (Fsp3) is 0.700. The van der Waals surface area contributed by atoms with Crippen LogP contribution in [0.3, 0.4) is 0 Å². The van der Waals surface area contributed by atoms with Gasteiger partial charge >= 0.3 is 0 Å². The van der Waals surface area contributed by atoms with Crippen LogP contribution in [0, 0.1) is 11.3 Å². The van der Waals surface area contributed by atoms with Gasteiger partial charge in [0.05, 0.1) is 6.10 Å². The van der Waals surface area contributed by atoms with E-state index in [9.17, 15) is 5.11 Å². The van der Waals surface area contributed by atoms with Gasteiger partial charge in [0.15, 0.2) is 0 Å². The molecule has 0 spiro atoms. The minimum atomic E-state index is -0.256. The van der Waals surface area contributed by atoms with E-state index in [1.165, 1.54) is 18.4 Å². The van der Waals surface area contributed by atoms with Gasteiger partial charge in [-0.2, -0.15) is 0 Å². The molecule has 1 aliphatic rings. The number of hydrogen-bond donors (Lipinski definition) is 2. The standard InChI is InChI=1S/C20H34N2O/c1-16(2)19(23)20(3,4)15-21-18-10-12-22(13-11-18)14-17-8-6-5-7-9-17/h5-9,16,18-19,21,23H,10-15H2,1-4H3. The van der Waals surface area contributed by atoms with Crippen molar-refractivity contribution in [3.63, 3.8) is 0 Å². The van der Waals surface area contributed by atoms with Crippen LogP contribution in [0.4, 0.5) is 0 Å². The molecule has 0 bridgehead atoms. The largest absolute Gasteiger partial charge is 0.392 e. The van der Waals surface area contributed by atoms with Crippen molar-refractivity contribution in [3.8, 4) is 0 Å². The third-order valence-electron chi connectivity index (χ3n) is 5.12. The second-order valence-electron chi connectivity index (χ2n) is 8.09. The molecule has 0 aliphatic carbocycles. The summed E-state index contributed by atoms with van der Waals surface area (Å²) in [4.78, 5) is 2.54. The lowest BCUT2D eigenvalue weighted by atomic mass is 9.80. The van der Waals surface area contributed by atoms with Crippen molar-refractivity contribution in [2.24, 2.45) is 11.3 Å². The molecule has 3 heteroatoms. The first-order valence-electron chi connectivity index (χ1n) is 9.06. The Labute approximate surface area is 142 Å². The lowest BCUT2D eigenvalue weighted by Crippen LogP contribution is -2.48. The lowest BCUT2D eigenvalue weighted by molar-refractivity contribution is 0.0107. The molecular formula is C20H34N2O. The molecule has 1 atom stereocenters. The Morgan fingerprint density at radius 3 is 2.35 bits per heavy atom. The summed E-state index contributed by atoms with van der Waals surface area (Å²) in [6.45, 7) is 12.8. The van der Waals surface area contributed by atoms with E-state index < -0.39 is 0 Å². The van der Waals surface area contributed by atoms with Crippen LogP contribution >= 0.6 is 0 Å². The van der Waals surface area contributed by atoms with Crippen LogP contribution in [-0.2, 0) is 6.54 Å². The number of piperidine rings is 1. The monoisotopic (exact) mass is 318 g/mol. The third-order valence-corrected chi connectivity index (χ3v) is 5.12. The molecule has 130 valence electrons.